The molecule has 1 heterocycles. The third kappa shape index (κ3) is 1.80. The molecule has 2 aliphatic carbocycles. The van der Waals surface area contributed by atoms with Crippen molar-refractivity contribution in [2.45, 2.75) is 31.7 Å². The van der Waals surface area contributed by atoms with Gasteiger partial charge >= 0.3 is 5.69 Å². The molecule has 0 bridgehead atoms. The van der Waals surface area contributed by atoms with Crippen molar-refractivity contribution in [2.75, 3.05) is 0 Å². The number of rotatable bonds is 3. The van der Waals surface area contributed by atoms with Crippen molar-refractivity contribution in [3.63, 3.8) is 0 Å². The molecule has 3 rings (SSSR count). The van der Waals surface area contributed by atoms with Crippen molar-refractivity contribution in [1.29, 1.82) is 5.26 Å². The lowest BCUT2D eigenvalue weighted by atomic mass is 10.1. The molecule has 1 N–H and O–H groups in total. The van der Waals surface area contributed by atoms with Crippen LogP contribution in [-0.2, 0) is 0 Å². The molecule has 0 amide bonds. The molecule has 5 nitrogen and oxygen atoms in total. The van der Waals surface area contributed by atoms with Crippen LogP contribution in [0.15, 0.2) is 15.8 Å². The fourth-order valence-electron chi connectivity index (χ4n) is 2.50. The van der Waals surface area contributed by atoms with Gasteiger partial charge in [-0.05, 0) is 37.5 Å². The molecule has 2 saturated carbocycles. The van der Waals surface area contributed by atoms with Gasteiger partial charge in [0.2, 0.25) is 0 Å². The van der Waals surface area contributed by atoms with E-state index in [0.29, 0.717) is 11.8 Å². The number of H-pyrrole nitrogens is 1. The van der Waals surface area contributed by atoms with Gasteiger partial charge in [0, 0.05) is 12.2 Å². The predicted octanol–water partition coefficient (Wildman–Crippen LogP) is 0.769. The van der Waals surface area contributed by atoms with Crippen LogP contribution < -0.4 is 11.2 Å². The number of hydrogen-bond acceptors (Lipinski definition) is 3. The average Bonchev–Trinajstić information content (AvgIpc) is 3.14. The maximum Gasteiger partial charge on any atom is 0.328 e. The van der Waals surface area contributed by atoms with E-state index in [9.17, 15) is 9.59 Å². The maximum atomic E-state index is 11.8. The molecule has 0 spiro atoms. The summed E-state index contributed by atoms with van der Waals surface area (Å²) in [4.78, 5) is 25.4. The summed E-state index contributed by atoms with van der Waals surface area (Å²) in [5.41, 5.74) is -0.937. The van der Waals surface area contributed by atoms with E-state index in [2.05, 4.69) is 4.98 Å². The van der Waals surface area contributed by atoms with Crippen molar-refractivity contribution in [1.82, 2.24) is 9.55 Å². The zero-order valence-corrected chi connectivity index (χ0v) is 9.35. The van der Waals surface area contributed by atoms with E-state index in [4.69, 9.17) is 5.26 Å². The lowest BCUT2D eigenvalue weighted by Gasteiger charge is -2.18. The molecule has 0 unspecified atom stereocenters. The summed E-state index contributed by atoms with van der Waals surface area (Å²) in [5.74, 6) is 1.11. The normalized spacial score (nSPS) is 19.3. The third-order valence-corrected chi connectivity index (χ3v) is 3.62. The molecule has 0 atom stereocenters. The van der Waals surface area contributed by atoms with E-state index < -0.39 is 5.56 Å². The van der Waals surface area contributed by atoms with Crippen LogP contribution in [0.5, 0.6) is 0 Å². The Hall–Kier alpha value is -1.83. The first kappa shape index (κ1) is 10.3. The van der Waals surface area contributed by atoms with E-state index in [1.54, 1.807) is 4.57 Å². The van der Waals surface area contributed by atoms with Crippen molar-refractivity contribution in [3.8, 4) is 6.07 Å². The molecule has 0 radical (unpaired) electrons. The Bertz CT molecular complexity index is 587. The Morgan fingerprint density at radius 1 is 1.29 bits per heavy atom. The van der Waals surface area contributed by atoms with Gasteiger partial charge in [-0.25, -0.2) is 4.79 Å². The van der Waals surface area contributed by atoms with Gasteiger partial charge in [-0.1, -0.05) is 0 Å². The predicted molar refractivity (Wildman–Crippen MR) is 60.5 cm³/mol. The number of nitrogens with zero attached hydrogens (tertiary/aromatic N) is 2. The number of nitrogens with one attached hydrogen (secondary N) is 1. The number of nitriles is 1. The number of hydrogen-bond donors (Lipinski definition) is 1. The van der Waals surface area contributed by atoms with Crippen molar-refractivity contribution in [2.24, 2.45) is 11.8 Å². The van der Waals surface area contributed by atoms with Gasteiger partial charge in [0.15, 0.2) is 0 Å². The summed E-state index contributed by atoms with van der Waals surface area (Å²) in [6, 6.07) is 2.02. The first-order valence-electron chi connectivity index (χ1n) is 5.96. The quantitative estimate of drug-likeness (QED) is 0.834. The Balaban J connectivity index is 2.09. The largest absolute Gasteiger partial charge is 0.328 e. The average molecular weight is 231 g/mol. The first-order chi connectivity index (χ1) is 8.20. The van der Waals surface area contributed by atoms with Crippen molar-refractivity contribution < 1.29 is 0 Å². The molecule has 0 saturated heterocycles. The zero-order chi connectivity index (χ0) is 12.0. The highest BCUT2D eigenvalue weighted by atomic mass is 16.2. The van der Waals surface area contributed by atoms with Gasteiger partial charge in [0.1, 0.15) is 11.6 Å². The third-order valence-electron chi connectivity index (χ3n) is 3.62. The SMILES string of the molecule is N#Cc1cn(C(C2CC2)C2CC2)c(=O)[nH]c1=O. The van der Waals surface area contributed by atoms with Crippen molar-refractivity contribution >= 4 is 0 Å². The summed E-state index contributed by atoms with van der Waals surface area (Å²) < 4.78 is 1.58. The highest BCUT2D eigenvalue weighted by Gasteiger charge is 2.43. The second-order valence-electron chi connectivity index (χ2n) is 4.99. The van der Waals surface area contributed by atoms with Crippen LogP contribution >= 0.6 is 0 Å². The van der Waals surface area contributed by atoms with Crippen LogP contribution in [0.25, 0.3) is 0 Å². The molecule has 1 aromatic rings. The van der Waals surface area contributed by atoms with Crippen LogP contribution in [0.3, 0.4) is 0 Å². The Labute approximate surface area is 97.7 Å². The zero-order valence-electron chi connectivity index (χ0n) is 9.35. The van der Waals surface area contributed by atoms with Crippen molar-refractivity contribution in [3.05, 3.63) is 32.6 Å². The molecule has 17 heavy (non-hydrogen) atoms. The van der Waals surface area contributed by atoms with Crippen LogP contribution in [0.4, 0.5) is 0 Å². The Morgan fingerprint density at radius 2 is 1.88 bits per heavy atom. The van der Waals surface area contributed by atoms with Crippen LogP contribution in [0.1, 0.15) is 37.3 Å². The number of aromatic nitrogens is 2. The number of aromatic amines is 1. The van der Waals surface area contributed by atoms with Gasteiger partial charge in [-0.15, -0.1) is 0 Å². The summed E-state index contributed by atoms with van der Waals surface area (Å²) in [6.07, 6.45) is 6.02. The minimum atomic E-state index is -0.584. The van der Waals surface area contributed by atoms with Crippen LogP contribution in [0, 0.1) is 23.2 Å². The summed E-state index contributed by atoms with van der Waals surface area (Å²) in [5, 5.41) is 8.84. The molecular weight excluding hydrogens is 218 g/mol. The van der Waals surface area contributed by atoms with E-state index in [-0.39, 0.29) is 17.3 Å². The molecule has 0 aromatic carbocycles. The molecular formula is C12H13N3O2. The molecule has 5 heteroatoms. The summed E-state index contributed by atoms with van der Waals surface area (Å²) in [6.45, 7) is 0. The lowest BCUT2D eigenvalue weighted by Crippen LogP contribution is -2.34. The van der Waals surface area contributed by atoms with E-state index >= 15 is 0 Å². The Morgan fingerprint density at radius 3 is 2.35 bits per heavy atom. The Kier molecular flexibility index (Phi) is 2.18. The standard InChI is InChI=1S/C12H13N3O2/c13-5-9-6-15(12(17)14-11(9)16)10(7-1-2-7)8-3-4-8/h6-8,10H,1-4H2,(H,14,16,17). The summed E-state index contributed by atoms with van der Waals surface area (Å²) in [7, 11) is 0. The molecule has 0 aliphatic heterocycles. The van der Waals surface area contributed by atoms with E-state index in [1.807, 2.05) is 6.07 Å². The maximum absolute atomic E-state index is 11.8. The fraction of sp³-hybridized carbons (Fsp3) is 0.583. The second kappa shape index (κ2) is 3.59. The molecule has 1 aromatic heterocycles. The minimum Gasteiger partial charge on any atom is -0.296 e. The molecule has 88 valence electrons. The molecule has 2 fully saturated rings. The van der Waals surface area contributed by atoms with Gasteiger partial charge < -0.3 is 0 Å². The highest BCUT2D eigenvalue weighted by molar-refractivity contribution is 5.22. The second-order valence-corrected chi connectivity index (χ2v) is 4.99. The smallest absolute Gasteiger partial charge is 0.296 e. The van der Waals surface area contributed by atoms with Crippen LogP contribution in [0.2, 0.25) is 0 Å². The van der Waals surface area contributed by atoms with Gasteiger partial charge in [-0.3, -0.25) is 14.3 Å². The van der Waals surface area contributed by atoms with Gasteiger partial charge in [0.05, 0.1) is 0 Å². The highest BCUT2D eigenvalue weighted by Crippen LogP contribution is 2.51. The van der Waals surface area contributed by atoms with E-state index in [0.717, 1.165) is 25.7 Å². The van der Waals surface area contributed by atoms with Gasteiger partial charge in [-0.2, -0.15) is 5.26 Å². The van der Waals surface area contributed by atoms with Crippen LogP contribution in [-0.4, -0.2) is 9.55 Å². The minimum absolute atomic E-state index is 0.0240. The topological polar surface area (TPSA) is 78.7 Å². The molecule has 2 aliphatic rings. The lowest BCUT2D eigenvalue weighted by molar-refractivity contribution is 0.377. The van der Waals surface area contributed by atoms with Gasteiger partial charge in [0.25, 0.3) is 5.56 Å². The van der Waals surface area contributed by atoms with E-state index in [1.165, 1.54) is 6.20 Å². The monoisotopic (exact) mass is 231 g/mol. The summed E-state index contributed by atoms with van der Waals surface area (Å²) >= 11 is 0. The fourth-order valence-corrected chi connectivity index (χ4v) is 2.50. The first-order valence-corrected chi connectivity index (χ1v) is 5.96.